The van der Waals surface area contributed by atoms with Crippen LogP contribution in [0.15, 0.2) is 36.0 Å². The van der Waals surface area contributed by atoms with Gasteiger partial charge in [-0.2, -0.15) is 0 Å². The van der Waals surface area contributed by atoms with Crippen LogP contribution < -0.4 is 0 Å². The second-order valence-corrected chi connectivity index (χ2v) is 4.13. The highest BCUT2D eigenvalue weighted by atomic mass is 14.3. The summed E-state index contributed by atoms with van der Waals surface area (Å²) in [7, 11) is 0. The van der Waals surface area contributed by atoms with Gasteiger partial charge in [0.05, 0.1) is 0 Å². The Morgan fingerprint density at radius 3 is 2.40 bits per heavy atom. The lowest BCUT2D eigenvalue weighted by atomic mass is 9.77. The molecule has 2 atom stereocenters. The van der Waals surface area contributed by atoms with Gasteiger partial charge in [0.25, 0.3) is 0 Å². The van der Waals surface area contributed by atoms with Crippen LogP contribution in [-0.4, -0.2) is 0 Å². The second-order valence-electron chi connectivity index (χ2n) is 4.13. The van der Waals surface area contributed by atoms with E-state index in [1.807, 2.05) is 19.9 Å². The number of allylic oxidation sites excluding steroid dienone is 5. The first-order chi connectivity index (χ1) is 7.16. The zero-order valence-corrected chi connectivity index (χ0v) is 11.0. The first kappa shape index (κ1) is 14.2. The predicted molar refractivity (Wildman–Crippen MR) is 70.9 cm³/mol. The Morgan fingerprint density at radius 1 is 1.27 bits per heavy atom. The van der Waals surface area contributed by atoms with Crippen LogP contribution in [0.4, 0.5) is 0 Å². The van der Waals surface area contributed by atoms with Crippen LogP contribution in [0.25, 0.3) is 0 Å². The summed E-state index contributed by atoms with van der Waals surface area (Å²) in [6.45, 7) is 14.6. The van der Waals surface area contributed by atoms with Gasteiger partial charge in [0.1, 0.15) is 0 Å². The van der Waals surface area contributed by atoms with Crippen LogP contribution in [0.3, 0.4) is 0 Å². The molecule has 0 fully saturated rings. The average molecular weight is 206 g/mol. The van der Waals surface area contributed by atoms with Crippen molar-refractivity contribution in [3.8, 4) is 0 Å². The van der Waals surface area contributed by atoms with Crippen LogP contribution in [0.1, 0.15) is 47.5 Å². The van der Waals surface area contributed by atoms with Gasteiger partial charge in [0.2, 0.25) is 0 Å². The quantitative estimate of drug-likeness (QED) is 0.433. The molecule has 0 saturated heterocycles. The molecule has 0 N–H and O–H groups in total. The summed E-state index contributed by atoms with van der Waals surface area (Å²) in [4.78, 5) is 0. The zero-order valence-electron chi connectivity index (χ0n) is 11.0. The Bertz CT molecular complexity index is 243. The summed E-state index contributed by atoms with van der Waals surface area (Å²) >= 11 is 0. The lowest BCUT2D eigenvalue weighted by Gasteiger charge is -2.29. The number of hydrogen-bond acceptors (Lipinski definition) is 0. The molecule has 0 aromatic heterocycles. The van der Waals surface area contributed by atoms with Crippen molar-refractivity contribution in [2.24, 2.45) is 11.8 Å². The molecule has 0 heterocycles. The van der Waals surface area contributed by atoms with Crippen molar-refractivity contribution in [1.82, 2.24) is 0 Å². The highest BCUT2D eigenvalue weighted by molar-refractivity contribution is 5.23. The molecule has 0 aliphatic heterocycles. The first-order valence-electron chi connectivity index (χ1n) is 6.12. The van der Waals surface area contributed by atoms with Crippen LogP contribution in [0.5, 0.6) is 0 Å². The van der Waals surface area contributed by atoms with Gasteiger partial charge >= 0.3 is 0 Å². The summed E-state index contributed by atoms with van der Waals surface area (Å²) in [5, 5.41) is 0. The van der Waals surface area contributed by atoms with Crippen molar-refractivity contribution >= 4 is 0 Å². The lowest BCUT2D eigenvalue weighted by Crippen LogP contribution is -2.16. The molecule has 0 nitrogen and oxygen atoms in total. The van der Waals surface area contributed by atoms with Gasteiger partial charge in [0.15, 0.2) is 0 Å². The molecule has 0 heteroatoms. The SMILES string of the molecule is C=C/C=C\C1C(C)=C(C)CCC1C.CC. The van der Waals surface area contributed by atoms with E-state index in [-0.39, 0.29) is 0 Å². The van der Waals surface area contributed by atoms with Crippen molar-refractivity contribution < 1.29 is 0 Å². The highest BCUT2D eigenvalue weighted by Gasteiger charge is 2.21. The van der Waals surface area contributed by atoms with Gasteiger partial charge < -0.3 is 0 Å². The number of hydrogen-bond donors (Lipinski definition) is 0. The minimum atomic E-state index is 0.645. The largest absolute Gasteiger partial charge is 0.0991 e. The Labute approximate surface area is 95.8 Å². The fourth-order valence-electron chi connectivity index (χ4n) is 2.06. The minimum Gasteiger partial charge on any atom is -0.0991 e. The van der Waals surface area contributed by atoms with E-state index in [0.717, 1.165) is 5.92 Å². The minimum absolute atomic E-state index is 0.645. The van der Waals surface area contributed by atoms with Gasteiger partial charge in [0, 0.05) is 5.92 Å². The van der Waals surface area contributed by atoms with E-state index in [4.69, 9.17) is 0 Å². The Balaban J connectivity index is 0.000000921. The van der Waals surface area contributed by atoms with Gasteiger partial charge in [-0.3, -0.25) is 0 Å². The lowest BCUT2D eigenvalue weighted by molar-refractivity contribution is 0.416. The summed E-state index contributed by atoms with van der Waals surface area (Å²) in [6, 6.07) is 0. The Morgan fingerprint density at radius 2 is 1.87 bits per heavy atom. The fourth-order valence-corrected chi connectivity index (χ4v) is 2.06. The van der Waals surface area contributed by atoms with Gasteiger partial charge in [-0.05, 0) is 32.6 Å². The zero-order chi connectivity index (χ0) is 11.8. The summed E-state index contributed by atoms with van der Waals surface area (Å²) < 4.78 is 0. The van der Waals surface area contributed by atoms with Crippen molar-refractivity contribution in [3.05, 3.63) is 36.0 Å². The smallest absolute Gasteiger partial charge is 0.000542 e. The normalized spacial score (nSPS) is 26.2. The van der Waals surface area contributed by atoms with Gasteiger partial charge in [-0.1, -0.05) is 56.7 Å². The molecule has 0 radical (unpaired) electrons. The monoisotopic (exact) mass is 206 g/mol. The van der Waals surface area contributed by atoms with Crippen molar-refractivity contribution in [2.45, 2.75) is 47.5 Å². The third-order valence-electron chi connectivity index (χ3n) is 3.22. The predicted octanol–water partition coefficient (Wildman–Crippen LogP) is 5.14. The average Bonchev–Trinajstić information content (AvgIpc) is 2.27. The van der Waals surface area contributed by atoms with E-state index in [9.17, 15) is 0 Å². The van der Waals surface area contributed by atoms with Crippen molar-refractivity contribution in [1.29, 1.82) is 0 Å². The summed E-state index contributed by atoms with van der Waals surface area (Å²) in [5.41, 5.74) is 3.15. The molecule has 0 aromatic carbocycles. The highest BCUT2D eigenvalue weighted by Crippen LogP contribution is 2.34. The third-order valence-corrected chi connectivity index (χ3v) is 3.22. The third kappa shape index (κ3) is 4.07. The summed E-state index contributed by atoms with van der Waals surface area (Å²) in [6.07, 6.45) is 8.84. The molecule has 0 bridgehead atoms. The maximum absolute atomic E-state index is 3.71. The van der Waals surface area contributed by atoms with E-state index in [1.54, 1.807) is 11.1 Å². The molecule has 2 unspecified atom stereocenters. The standard InChI is InChI=1S/C13H20.C2H6/c1-5-6-7-13-11(3)9-8-10(2)12(13)4;1-2/h5-7,11,13H,1,8-9H2,2-4H3;1-2H3/b7-6-;. The van der Waals surface area contributed by atoms with E-state index in [2.05, 4.69) is 39.5 Å². The molecule has 0 saturated carbocycles. The van der Waals surface area contributed by atoms with Crippen LogP contribution in [0, 0.1) is 11.8 Å². The van der Waals surface area contributed by atoms with Crippen LogP contribution in [0.2, 0.25) is 0 Å². The molecule has 0 spiro atoms. The maximum atomic E-state index is 3.71. The molecule has 86 valence electrons. The molecule has 1 aliphatic carbocycles. The maximum Gasteiger partial charge on any atom is 0.000542 e. The van der Waals surface area contributed by atoms with Crippen molar-refractivity contribution in [3.63, 3.8) is 0 Å². The Hall–Kier alpha value is -0.780. The number of rotatable bonds is 2. The molecular formula is C15H26. The molecular weight excluding hydrogens is 180 g/mol. The molecule has 0 amide bonds. The molecule has 0 aromatic rings. The first-order valence-corrected chi connectivity index (χ1v) is 6.12. The fraction of sp³-hybridized carbons (Fsp3) is 0.600. The van der Waals surface area contributed by atoms with E-state index in [0.29, 0.717) is 5.92 Å². The van der Waals surface area contributed by atoms with Crippen LogP contribution >= 0.6 is 0 Å². The van der Waals surface area contributed by atoms with Crippen molar-refractivity contribution in [2.75, 3.05) is 0 Å². The molecule has 1 rings (SSSR count). The molecule has 15 heavy (non-hydrogen) atoms. The topological polar surface area (TPSA) is 0 Å². The van der Waals surface area contributed by atoms with Gasteiger partial charge in [-0.15, -0.1) is 0 Å². The summed E-state index contributed by atoms with van der Waals surface area (Å²) in [5.74, 6) is 1.44. The van der Waals surface area contributed by atoms with Gasteiger partial charge in [-0.25, -0.2) is 0 Å². The van der Waals surface area contributed by atoms with E-state index < -0.39 is 0 Å². The molecule has 1 aliphatic rings. The second kappa shape index (κ2) is 7.50. The Kier molecular flexibility index (Phi) is 7.11. The van der Waals surface area contributed by atoms with Crippen LogP contribution in [-0.2, 0) is 0 Å². The van der Waals surface area contributed by atoms with E-state index >= 15 is 0 Å². The van der Waals surface area contributed by atoms with E-state index in [1.165, 1.54) is 12.8 Å².